The Bertz CT molecular complexity index is 608. The second-order valence-electron chi connectivity index (χ2n) is 4.44. The number of carbonyl (C=O) groups is 1. The zero-order valence-corrected chi connectivity index (χ0v) is 11.8. The zero-order valence-electron chi connectivity index (χ0n) is 11.0. The van der Waals surface area contributed by atoms with Crippen LogP contribution < -0.4 is 15.2 Å². The first-order valence-electron chi connectivity index (χ1n) is 6.01. The van der Waals surface area contributed by atoms with Gasteiger partial charge < -0.3 is 14.8 Å². The molecule has 1 aliphatic rings. The van der Waals surface area contributed by atoms with Crippen LogP contribution >= 0.6 is 0 Å². The van der Waals surface area contributed by atoms with Crippen molar-refractivity contribution in [1.82, 2.24) is 5.32 Å². The molecule has 110 valence electrons. The fraction of sp³-hybridized carbons (Fsp3) is 0.417. The molecule has 1 heterocycles. The lowest BCUT2D eigenvalue weighted by molar-refractivity contribution is 0.0929. The van der Waals surface area contributed by atoms with Crippen molar-refractivity contribution in [2.45, 2.75) is 17.4 Å². The lowest BCUT2D eigenvalue weighted by Gasteiger charge is -2.12. The highest BCUT2D eigenvalue weighted by Crippen LogP contribution is 2.23. The first-order chi connectivity index (χ1) is 9.41. The Balaban J connectivity index is 2.26. The molecule has 0 aromatic heterocycles. The molecule has 1 aliphatic heterocycles. The summed E-state index contributed by atoms with van der Waals surface area (Å²) in [6.07, 6.45) is 0.740. The smallest absolute Gasteiger partial charge is 0.251 e. The maximum Gasteiger partial charge on any atom is 0.251 e. The van der Waals surface area contributed by atoms with Gasteiger partial charge in [-0.15, -0.1) is 0 Å². The first-order valence-corrected chi connectivity index (χ1v) is 7.56. The van der Waals surface area contributed by atoms with E-state index in [2.05, 4.69) is 5.32 Å². The summed E-state index contributed by atoms with van der Waals surface area (Å²) in [5, 5.41) is 7.88. The van der Waals surface area contributed by atoms with Crippen LogP contribution in [0.5, 0.6) is 5.75 Å². The van der Waals surface area contributed by atoms with Crippen molar-refractivity contribution in [1.29, 1.82) is 0 Å². The van der Waals surface area contributed by atoms with Gasteiger partial charge in [0, 0.05) is 12.2 Å². The number of benzene rings is 1. The van der Waals surface area contributed by atoms with Gasteiger partial charge >= 0.3 is 0 Å². The van der Waals surface area contributed by atoms with Crippen LogP contribution in [0, 0.1) is 0 Å². The number of carbonyl (C=O) groups excluding carboxylic acids is 1. The van der Waals surface area contributed by atoms with E-state index in [0.717, 1.165) is 6.42 Å². The fourth-order valence-electron chi connectivity index (χ4n) is 1.96. The van der Waals surface area contributed by atoms with E-state index in [9.17, 15) is 13.2 Å². The Morgan fingerprint density at radius 2 is 2.25 bits per heavy atom. The van der Waals surface area contributed by atoms with Gasteiger partial charge in [0.25, 0.3) is 5.91 Å². The lowest BCUT2D eigenvalue weighted by atomic mass is 10.2. The minimum absolute atomic E-state index is 0.0532. The van der Waals surface area contributed by atoms with Gasteiger partial charge in [-0.05, 0) is 24.6 Å². The van der Waals surface area contributed by atoms with Crippen LogP contribution in [-0.2, 0) is 14.8 Å². The minimum Gasteiger partial charge on any atom is -0.495 e. The van der Waals surface area contributed by atoms with Gasteiger partial charge in [-0.3, -0.25) is 4.79 Å². The molecular formula is C12H16N2O5S. The van der Waals surface area contributed by atoms with Crippen LogP contribution in [0.3, 0.4) is 0 Å². The van der Waals surface area contributed by atoms with Crippen LogP contribution in [-0.4, -0.2) is 40.7 Å². The number of rotatable bonds is 4. The van der Waals surface area contributed by atoms with Crippen LogP contribution in [0.2, 0.25) is 0 Å². The van der Waals surface area contributed by atoms with E-state index in [0.29, 0.717) is 13.2 Å². The van der Waals surface area contributed by atoms with Crippen molar-refractivity contribution in [3.63, 3.8) is 0 Å². The first kappa shape index (κ1) is 14.8. The zero-order chi connectivity index (χ0) is 14.8. The van der Waals surface area contributed by atoms with E-state index >= 15 is 0 Å². The van der Waals surface area contributed by atoms with Gasteiger partial charge in [0.05, 0.1) is 19.8 Å². The quantitative estimate of drug-likeness (QED) is 0.804. The molecule has 1 unspecified atom stereocenters. The van der Waals surface area contributed by atoms with Crippen molar-refractivity contribution in [3.8, 4) is 5.75 Å². The monoisotopic (exact) mass is 300 g/mol. The van der Waals surface area contributed by atoms with Gasteiger partial charge in [0.1, 0.15) is 10.6 Å². The lowest BCUT2D eigenvalue weighted by Crippen LogP contribution is -2.35. The number of nitrogens with two attached hydrogens (primary N) is 1. The molecule has 0 radical (unpaired) electrons. The molecule has 3 N–H and O–H groups in total. The van der Waals surface area contributed by atoms with E-state index in [1.807, 2.05) is 0 Å². The summed E-state index contributed by atoms with van der Waals surface area (Å²) in [7, 11) is -2.63. The number of primary sulfonamides is 1. The average Bonchev–Trinajstić information content (AvgIpc) is 2.89. The predicted octanol–water partition coefficient (Wildman–Crippen LogP) is -0.139. The van der Waals surface area contributed by atoms with Gasteiger partial charge in [-0.1, -0.05) is 0 Å². The molecule has 0 saturated carbocycles. The van der Waals surface area contributed by atoms with Crippen molar-refractivity contribution in [2.24, 2.45) is 5.14 Å². The van der Waals surface area contributed by atoms with Gasteiger partial charge in [0.2, 0.25) is 10.0 Å². The molecule has 0 spiro atoms. The van der Waals surface area contributed by atoms with Crippen molar-refractivity contribution >= 4 is 15.9 Å². The third-order valence-electron chi connectivity index (χ3n) is 3.00. The molecule has 1 fully saturated rings. The second kappa shape index (κ2) is 5.78. The number of nitrogens with one attached hydrogen (secondary N) is 1. The summed E-state index contributed by atoms with van der Waals surface area (Å²) in [6.45, 7) is 1.07. The molecule has 1 aromatic carbocycles. The molecule has 7 nitrogen and oxygen atoms in total. The molecular weight excluding hydrogens is 284 g/mol. The molecule has 8 heteroatoms. The van der Waals surface area contributed by atoms with Gasteiger partial charge in [-0.25, -0.2) is 13.6 Å². The van der Waals surface area contributed by atoms with Crippen LogP contribution in [0.4, 0.5) is 0 Å². The van der Waals surface area contributed by atoms with E-state index in [-0.39, 0.29) is 28.2 Å². The molecule has 1 saturated heterocycles. The number of hydrogen-bond acceptors (Lipinski definition) is 5. The summed E-state index contributed by atoms with van der Waals surface area (Å²) in [6, 6.07) is 4.04. The number of sulfonamides is 1. The Kier molecular flexibility index (Phi) is 4.26. The van der Waals surface area contributed by atoms with E-state index in [1.54, 1.807) is 0 Å². The predicted molar refractivity (Wildman–Crippen MR) is 71.1 cm³/mol. The summed E-state index contributed by atoms with van der Waals surface area (Å²) in [4.78, 5) is 11.8. The topological polar surface area (TPSA) is 108 Å². The standard InChI is InChI=1S/C12H16N2O5S/c1-18-10-3-2-8(6-11(10)20(13,16)17)12(15)14-9-4-5-19-7-9/h2-3,6,9H,4-5,7H2,1H3,(H,14,15)(H2,13,16,17). The summed E-state index contributed by atoms with van der Waals surface area (Å²) < 4.78 is 33.0. The SMILES string of the molecule is COc1ccc(C(=O)NC2CCOC2)cc1S(N)(=O)=O. The molecule has 20 heavy (non-hydrogen) atoms. The van der Waals surface area contributed by atoms with E-state index < -0.39 is 10.0 Å². The number of ether oxygens (including phenoxy) is 2. The van der Waals surface area contributed by atoms with E-state index in [4.69, 9.17) is 14.6 Å². The maximum absolute atomic E-state index is 12.0. The average molecular weight is 300 g/mol. The Hall–Kier alpha value is -1.64. The largest absolute Gasteiger partial charge is 0.495 e. The third kappa shape index (κ3) is 3.27. The van der Waals surface area contributed by atoms with Crippen molar-refractivity contribution < 1.29 is 22.7 Å². The Labute approximate surface area is 117 Å². The van der Waals surface area contributed by atoms with Gasteiger partial charge in [-0.2, -0.15) is 0 Å². The maximum atomic E-state index is 12.0. The second-order valence-corrected chi connectivity index (χ2v) is 5.97. The molecule has 1 atom stereocenters. The number of amides is 1. The fourth-order valence-corrected chi connectivity index (χ4v) is 2.68. The van der Waals surface area contributed by atoms with Crippen LogP contribution in [0.25, 0.3) is 0 Å². The molecule has 1 aromatic rings. The van der Waals surface area contributed by atoms with E-state index in [1.165, 1.54) is 25.3 Å². The Morgan fingerprint density at radius 1 is 1.50 bits per heavy atom. The van der Waals surface area contributed by atoms with Crippen LogP contribution in [0.15, 0.2) is 23.1 Å². The summed E-state index contributed by atoms with van der Waals surface area (Å²) in [5.74, 6) is -0.263. The number of methoxy groups -OCH3 is 1. The molecule has 2 rings (SSSR count). The normalized spacial score (nSPS) is 18.8. The highest BCUT2D eigenvalue weighted by molar-refractivity contribution is 7.89. The molecule has 0 aliphatic carbocycles. The molecule has 1 amide bonds. The summed E-state index contributed by atoms with van der Waals surface area (Å²) >= 11 is 0. The Morgan fingerprint density at radius 3 is 2.80 bits per heavy atom. The highest BCUT2D eigenvalue weighted by Gasteiger charge is 2.21. The van der Waals surface area contributed by atoms with Crippen molar-refractivity contribution in [3.05, 3.63) is 23.8 Å². The highest BCUT2D eigenvalue weighted by atomic mass is 32.2. The van der Waals surface area contributed by atoms with Crippen LogP contribution in [0.1, 0.15) is 16.8 Å². The third-order valence-corrected chi connectivity index (χ3v) is 3.93. The van der Waals surface area contributed by atoms with Crippen molar-refractivity contribution in [2.75, 3.05) is 20.3 Å². The van der Waals surface area contributed by atoms with Gasteiger partial charge in [0.15, 0.2) is 0 Å². The summed E-state index contributed by atoms with van der Waals surface area (Å²) in [5.41, 5.74) is 0.210. The minimum atomic E-state index is -3.96. The molecule has 0 bridgehead atoms. The number of hydrogen-bond donors (Lipinski definition) is 2.